The van der Waals surface area contributed by atoms with Gasteiger partial charge >= 0.3 is 5.97 Å². The molecule has 0 radical (unpaired) electrons. The van der Waals surface area contributed by atoms with E-state index in [0.717, 1.165) is 0 Å². The van der Waals surface area contributed by atoms with Gasteiger partial charge in [-0.25, -0.2) is 4.79 Å². The van der Waals surface area contributed by atoms with Gasteiger partial charge in [0, 0.05) is 6.04 Å². The number of hydrogen-bond acceptors (Lipinski definition) is 4. The lowest BCUT2D eigenvalue weighted by atomic mass is 10.4. The first-order valence-electron chi connectivity index (χ1n) is 3.69. The standard InChI is InChI=1S/C7H15NO3/c1-4-10-7(9)5-11-8-6(2)3/h6,8H,4-5H2,1-3H3. The molecule has 66 valence electrons. The zero-order valence-electron chi connectivity index (χ0n) is 7.22. The van der Waals surface area contributed by atoms with Crippen molar-refractivity contribution >= 4 is 5.97 Å². The molecule has 4 heteroatoms. The van der Waals surface area contributed by atoms with Crippen LogP contribution in [0.1, 0.15) is 20.8 Å². The highest BCUT2D eigenvalue weighted by Crippen LogP contribution is 1.80. The summed E-state index contributed by atoms with van der Waals surface area (Å²) in [7, 11) is 0. The van der Waals surface area contributed by atoms with Crippen LogP contribution in [0.25, 0.3) is 0 Å². The fraction of sp³-hybridized carbons (Fsp3) is 0.857. The summed E-state index contributed by atoms with van der Waals surface area (Å²) in [4.78, 5) is 15.4. The van der Waals surface area contributed by atoms with E-state index < -0.39 is 0 Å². The number of ether oxygens (including phenoxy) is 1. The summed E-state index contributed by atoms with van der Waals surface area (Å²) >= 11 is 0. The Balaban J connectivity index is 3.17. The second-order valence-corrected chi connectivity index (χ2v) is 2.37. The molecule has 0 aliphatic rings. The van der Waals surface area contributed by atoms with E-state index in [9.17, 15) is 4.79 Å². The Morgan fingerprint density at radius 2 is 2.18 bits per heavy atom. The van der Waals surface area contributed by atoms with Crippen LogP contribution in [0.4, 0.5) is 0 Å². The summed E-state index contributed by atoms with van der Waals surface area (Å²) in [6.45, 7) is 5.96. The zero-order chi connectivity index (χ0) is 8.69. The first kappa shape index (κ1) is 10.4. The van der Waals surface area contributed by atoms with Crippen LogP contribution in [0.3, 0.4) is 0 Å². The van der Waals surface area contributed by atoms with Gasteiger partial charge in [-0.2, -0.15) is 5.48 Å². The molecule has 0 saturated heterocycles. The molecule has 0 aromatic carbocycles. The molecule has 4 nitrogen and oxygen atoms in total. The largest absolute Gasteiger partial charge is 0.464 e. The predicted octanol–water partition coefficient (Wildman–Crippen LogP) is 0.479. The molecular formula is C7H15NO3. The monoisotopic (exact) mass is 161 g/mol. The van der Waals surface area contributed by atoms with Crippen molar-refractivity contribution in [3.05, 3.63) is 0 Å². The SMILES string of the molecule is CCOC(=O)CONC(C)C. The molecule has 0 unspecified atom stereocenters. The average Bonchev–Trinajstić information content (AvgIpc) is 1.87. The molecule has 0 fully saturated rings. The lowest BCUT2D eigenvalue weighted by Gasteiger charge is -2.07. The van der Waals surface area contributed by atoms with Crippen molar-refractivity contribution < 1.29 is 14.4 Å². The van der Waals surface area contributed by atoms with Crippen LogP contribution < -0.4 is 5.48 Å². The van der Waals surface area contributed by atoms with Gasteiger partial charge in [0.25, 0.3) is 0 Å². The molecule has 0 aromatic rings. The quantitative estimate of drug-likeness (QED) is 0.470. The Hall–Kier alpha value is -0.610. The first-order chi connectivity index (χ1) is 5.16. The third-order valence-electron chi connectivity index (χ3n) is 0.814. The summed E-state index contributed by atoms with van der Waals surface area (Å²) in [5.74, 6) is -0.347. The van der Waals surface area contributed by atoms with Crippen LogP contribution in [0.2, 0.25) is 0 Å². The summed E-state index contributed by atoms with van der Waals surface area (Å²) in [6, 6.07) is 0.212. The highest BCUT2D eigenvalue weighted by Gasteiger charge is 2.00. The van der Waals surface area contributed by atoms with Gasteiger partial charge in [0.1, 0.15) is 0 Å². The van der Waals surface area contributed by atoms with Crippen LogP contribution in [0.15, 0.2) is 0 Å². The Labute approximate surface area is 66.8 Å². The molecule has 0 aliphatic carbocycles. The number of hydroxylamine groups is 1. The molecule has 1 N–H and O–H groups in total. The lowest BCUT2D eigenvalue weighted by molar-refractivity contribution is -0.151. The van der Waals surface area contributed by atoms with E-state index in [2.05, 4.69) is 10.2 Å². The van der Waals surface area contributed by atoms with Crippen LogP contribution in [-0.4, -0.2) is 25.2 Å². The van der Waals surface area contributed by atoms with Crippen LogP contribution in [0.5, 0.6) is 0 Å². The van der Waals surface area contributed by atoms with Crippen LogP contribution in [0, 0.1) is 0 Å². The van der Waals surface area contributed by atoms with Gasteiger partial charge in [-0.1, -0.05) is 0 Å². The predicted molar refractivity (Wildman–Crippen MR) is 40.9 cm³/mol. The highest BCUT2D eigenvalue weighted by molar-refractivity contribution is 5.70. The number of carbonyl (C=O) groups is 1. The second-order valence-electron chi connectivity index (χ2n) is 2.37. The second kappa shape index (κ2) is 6.12. The molecule has 11 heavy (non-hydrogen) atoms. The summed E-state index contributed by atoms with van der Waals surface area (Å²) < 4.78 is 4.62. The first-order valence-corrected chi connectivity index (χ1v) is 3.69. The number of rotatable bonds is 5. The number of hydrogen-bond donors (Lipinski definition) is 1. The fourth-order valence-corrected chi connectivity index (χ4v) is 0.470. The molecule has 0 amide bonds. The Bertz CT molecular complexity index is 114. The summed E-state index contributed by atoms with van der Waals surface area (Å²) in [6.07, 6.45) is 0. The van der Waals surface area contributed by atoms with E-state index in [0.29, 0.717) is 6.61 Å². The maximum Gasteiger partial charge on any atom is 0.334 e. The van der Waals surface area contributed by atoms with Crippen molar-refractivity contribution in [1.82, 2.24) is 5.48 Å². The minimum Gasteiger partial charge on any atom is -0.464 e. The van der Waals surface area contributed by atoms with E-state index in [4.69, 9.17) is 4.84 Å². The Morgan fingerprint density at radius 3 is 2.64 bits per heavy atom. The molecule has 0 aliphatic heterocycles. The van der Waals surface area contributed by atoms with Gasteiger partial charge in [-0.3, -0.25) is 4.84 Å². The molecule has 0 atom stereocenters. The van der Waals surface area contributed by atoms with Gasteiger partial charge in [0.15, 0.2) is 6.61 Å². The number of esters is 1. The van der Waals surface area contributed by atoms with E-state index in [-0.39, 0.29) is 18.6 Å². The topological polar surface area (TPSA) is 47.6 Å². The van der Waals surface area contributed by atoms with Crippen molar-refractivity contribution in [2.75, 3.05) is 13.2 Å². The molecule has 0 rings (SSSR count). The zero-order valence-corrected chi connectivity index (χ0v) is 7.22. The molecule has 0 spiro atoms. The number of carbonyl (C=O) groups excluding carboxylic acids is 1. The van der Waals surface area contributed by atoms with Crippen molar-refractivity contribution in [2.24, 2.45) is 0 Å². The van der Waals surface area contributed by atoms with E-state index in [1.165, 1.54) is 0 Å². The molecule has 0 aromatic heterocycles. The molecule has 0 saturated carbocycles. The number of nitrogens with one attached hydrogen (secondary N) is 1. The van der Waals surface area contributed by atoms with Gasteiger partial charge in [-0.05, 0) is 20.8 Å². The summed E-state index contributed by atoms with van der Waals surface area (Å²) in [5, 5.41) is 0. The lowest BCUT2D eigenvalue weighted by Crippen LogP contribution is -2.26. The molecular weight excluding hydrogens is 146 g/mol. The average molecular weight is 161 g/mol. The third-order valence-corrected chi connectivity index (χ3v) is 0.814. The van der Waals surface area contributed by atoms with E-state index in [1.807, 2.05) is 13.8 Å². The van der Waals surface area contributed by atoms with Crippen molar-refractivity contribution in [3.8, 4) is 0 Å². The van der Waals surface area contributed by atoms with E-state index in [1.54, 1.807) is 6.92 Å². The summed E-state index contributed by atoms with van der Waals surface area (Å²) in [5.41, 5.74) is 2.63. The third kappa shape index (κ3) is 7.29. The van der Waals surface area contributed by atoms with Gasteiger partial charge in [0.05, 0.1) is 6.61 Å². The van der Waals surface area contributed by atoms with Crippen LogP contribution in [-0.2, 0) is 14.4 Å². The van der Waals surface area contributed by atoms with Gasteiger partial charge < -0.3 is 4.74 Å². The van der Waals surface area contributed by atoms with Crippen molar-refractivity contribution in [2.45, 2.75) is 26.8 Å². The Morgan fingerprint density at radius 1 is 1.55 bits per heavy atom. The van der Waals surface area contributed by atoms with Gasteiger partial charge in [0.2, 0.25) is 0 Å². The highest BCUT2D eigenvalue weighted by atomic mass is 16.7. The molecule has 0 bridgehead atoms. The van der Waals surface area contributed by atoms with Crippen LogP contribution >= 0.6 is 0 Å². The Kier molecular flexibility index (Phi) is 5.78. The minimum atomic E-state index is -0.347. The fourth-order valence-electron chi connectivity index (χ4n) is 0.470. The maximum atomic E-state index is 10.6. The van der Waals surface area contributed by atoms with Crippen molar-refractivity contribution in [3.63, 3.8) is 0 Å². The maximum absolute atomic E-state index is 10.6. The van der Waals surface area contributed by atoms with E-state index >= 15 is 0 Å². The minimum absolute atomic E-state index is 0.0357. The van der Waals surface area contributed by atoms with Gasteiger partial charge in [-0.15, -0.1) is 0 Å². The van der Waals surface area contributed by atoms with Crippen molar-refractivity contribution in [1.29, 1.82) is 0 Å². The normalized spacial score (nSPS) is 10.2. The smallest absolute Gasteiger partial charge is 0.334 e. The molecule has 0 heterocycles.